The van der Waals surface area contributed by atoms with Crippen LogP contribution in [0.1, 0.15) is 54.4 Å². The second-order valence-corrected chi connectivity index (χ2v) is 15.6. The number of thioether (sulfide) groups is 2. The van der Waals surface area contributed by atoms with E-state index < -0.39 is 36.5 Å². The summed E-state index contributed by atoms with van der Waals surface area (Å²) in [4.78, 5) is 44.6. The molecular formula is C24H41BrN5O8PS2. The fraction of sp³-hybridized carbons (Fsp3) is 0.750. The van der Waals surface area contributed by atoms with Crippen molar-refractivity contribution < 1.29 is 32.5 Å². The summed E-state index contributed by atoms with van der Waals surface area (Å²) in [5.41, 5.74) is 10.2. The Morgan fingerprint density at radius 3 is 2.07 bits per heavy atom. The van der Waals surface area contributed by atoms with Crippen molar-refractivity contribution in [2.45, 2.75) is 66.7 Å². The van der Waals surface area contributed by atoms with Crippen molar-refractivity contribution in [1.29, 1.82) is 0 Å². The van der Waals surface area contributed by atoms with Crippen LogP contribution in [0.5, 0.6) is 0 Å². The number of hydrogen-bond acceptors (Lipinski definition) is 14. The predicted octanol–water partition coefficient (Wildman–Crippen LogP) is 4.37. The van der Waals surface area contributed by atoms with Crippen molar-refractivity contribution in [2.24, 2.45) is 10.8 Å². The molecule has 1 aromatic rings. The minimum Gasteiger partial charge on any atom is -0.391 e. The minimum atomic E-state index is -4.05. The number of carbonyl (C=O) groups is 2. The fourth-order valence-electron chi connectivity index (χ4n) is 3.30. The van der Waals surface area contributed by atoms with Gasteiger partial charge in [0.1, 0.15) is 11.9 Å². The summed E-state index contributed by atoms with van der Waals surface area (Å²) >= 11 is 5.54. The lowest BCUT2D eigenvalue weighted by Crippen LogP contribution is -2.37. The number of phosphoric ester groups is 1. The number of nitrogen functional groups attached to an aromatic ring is 2. The van der Waals surface area contributed by atoms with E-state index in [0.29, 0.717) is 12.8 Å². The summed E-state index contributed by atoms with van der Waals surface area (Å²) in [6.07, 6.45) is 0.0889. The van der Waals surface area contributed by atoms with Gasteiger partial charge in [0.05, 0.1) is 31.4 Å². The first-order valence-electron chi connectivity index (χ1n) is 13.0. The van der Waals surface area contributed by atoms with Crippen molar-refractivity contribution in [1.82, 2.24) is 9.97 Å². The topological polar surface area (TPSA) is 189 Å². The van der Waals surface area contributed by atoms with Gasteiger partial charge in [-0.3, -0.25) is 32.9 Å². The molecule has 2 rings (SSSR count). The number of H-pyrrole nitrogens is 1. The molecule has 2 heterocycles. The molecule has 1 aromatic heterocycles. The quantitative estimate of drug-likeness (QED) is 0.107. The Labute approximate surface area is 257 Å². The van der Waals surface area contributed by atoms with E-state index in [0.717, 1.165) is 23.5 Å². The van der Waals surface area contributed by atoms with E-state index in [1.165, 1.54) is 0 Å². The maximum absolute atomic E-state index is 13.5. The van der Waals surface area contributed by atoms with Gasteiger partial charge in [0, 0.05) is 22.3 Å². The van der Waals surface area contributed by atoms with Gasteiger partial charge >= 0.3 is 7.82 Å². The van der Waals surface area contributed by atoms with Crippen LogP contribution in [0.4, 0.5) is 17.5 Å². The van der Waals surface area contributed by atoms with Crippen LogP contribution in [0.2, 0.25) is 0 Å². The van der Waals surface area contributed by atoms with Crippen LogP contribution >= 0.6 is 47.3 Å². The van der Waals surface area contributed by atoms with Gasteiger partial charge in [-0.05, 0) is 12.8 Å². The summed E-state index contributed by atoms with van der Waals surface area (Å²) in [6, 6.07) is 0. The molecule has 41 heavy (non-hydrogen) atoms. The molecule has 2 unspecified atom stereocenters. The van der Waals surface area contributed by atoms with Gasteiger partial charge in [-0.2, -0.15) is 4.98 Å². The third-order valence-electron chi connectivity index (χ3n) is 5.56. The summed E-state index contributed by atoms with van der Waals surface area (Å²) in [6.45, 7) is 10.7. The largest absolute Gasteiger partial charge is 0.474 e. The molecule has 0 radical (unpaired) electrons. The minimum absolute atomic E-state index is 0.0195. The van der Waals surface area contributed by atoms with Crippen LogP contribution < -0.4 is 21.9 Å². The van der Waals surface area contributed by atoms with Gasteiger partial charge in [0.2, 0.25) is 5.95 Å². The van der Waals surface area contributed by atoms with E-state index in [1.54, 1.807) is 4.90 Å². The molecule has 5 N–H and O–H groups in total. The Hall–Kier alpha value is -1.13. The molecule has 0 bridgehead atoms. The number of phosphoric acid groups is 1. The van der Waals surface area contributed by atoms with Gasteiger partial charge in [0.15, 0.2) is 16.0 Å². The Bertz CT molecular complexity index is 1120. The first-order chi connectivity index (χ1) is 19.0. The van der Waals surface area contributed by atoms with Crippen LogP contribution in [0.25, 0.3) is 0 Å². The SMILES string of the molecule is CC(C)(C)C(=O)SCCOP(=O)(OCCSC(=O)C(C)(C)C)OCC1CCC(N(CBr)c2nc(N)[nH]c(=O)c2N)O1. The number of nitrogens with two attached hydrogens (primary N) is 2. The number of halogens is 1. The second-order valence-electron chi connectivity index (χ2n) is 11.2. The van der Waals surface area contributed by atoms with Gasteiger partial charge in [-0.1, -0.05) is 81.0 Å². The first kappa shape index (κ1) is 36.1. The van der Waals surface area contributed by atoms with Crippen molar-refractivity contribution in [2.75, 3.05) is 53.1 Å². The molecular weight excluding hydrogens is 661 g/mol. The number of nitrogens with one attached hydrogen (secondary N) is 1. The lowest BCUT2D eigenvalue weighted by molar-refractivity contribution is -0.118. The average molecular weight is 703 g/mol. The highest BCUT2D eigenvalue weighted by molar-refractivity contribution is 9.09. The first-order valence-corrected chi connectivity index (χ1v) is 17.5. The Morgan fingerprint density at radius 2 is 1.59 bits per heavy atom. The molecule has 0 saturated carbocycles. The number of hydrogen-bond donors (Lipinski definition) is 3. The molecule has 1 saturated heterocycles. The van der Waals surface area contributed by atoms with Crippen molar-refractivity contribution in [3.8, 4) is 0 Å². The number of aromatic nitrogens is 2. The highest BCUT2D eigenvalue weighted by atomic mass is 79.9. The molecule has 1 aliphatic heterocycles. The normalized spacial score (nSPS) is 18.0. The van der Waals surface area contributed by atoms with E-state index in [9.17, 15) is 18.9 Å². The molecule has 1 fully saturated rings. The van der Waals surface area contributed by atoms with E-state index >= 15 is 0 Å². The summed E-state index contributed by atoms with van der Waals surface area (Å²) in [5, 5.41) is -0.0391. The number of aromatic amines is 1. The molecule has 2 atom stereocenters. The van der Waals surface area contributed by atoms with Gasteiger partial charge in [-0.25, -0.2) is 4.57 Å². The van der Waals surface area contributed by atoms with Crippen molar-refractivity contribution >= 4 is 75.0 Å². The van der Waals surface area contributed by atoms with Crippen LogP contribution in [0.15, 0.2) is 4.79 Å². The Balaban J connectivity index is 2.00. The van der Waals surface area contributed by atoms with E-state index in [-0.39, 0.29) is 64.5 Å². The summed E-state index contributed by atoms with van der Waals surface area (Å²) in [5.74, 6) is 0.625. The molecule has 0 aliphatic carbocycles. The lowest BCUT2D eigenvalue weighted by Gasteiger charge is -2.28. The zero-order chi connectivity index (χ0) is 31.0. The number of rotatable bonds is 14. The smallest absolute Gasteiger partial charge is 0.391 e. The standard InChI is InChI=1S/C24H41BrN5O8PS2/c1-23(2,3)20(32)40-11-9-35-39(34,36-10-12-41-21(33)24(4,5)6)37-13-15-7-8-16(38-15)30(14-25)18-17(26)19(31)29-22(27)28-18/h15-16H,7-14,26H2,1-6H3,(H3,27,28,29,31). The second kappa shape index (κ2) is 15.6. The van der Waals surface area contributed by atoms with Crippen LogP contribution in [0, 0.1) is 10.8 Å². The van der Waals surface area contributed by atoms with Crippen molar-refractivity contribution in [3.05, 3.63) is 10.4 Å². The molecule has 17 heteroatoms. The van der Waals surface area contributed by atoms with Gasteiger partial charge in [0.25, 0.3) is 5.56 Å². The van der Waals surface area contributed by atoms with E-state index in [4.69, 9.17) is 29.8 Å². The number of ether oxygens (including phenoxy) is 1. The highest BCUT2D eigenvalue weighted by Crippen LogP contribution is 2.50. The predicted molar refractivity (Wildman–Crippen MR) is 167 cm³/mol. The molecule has 0 spiro atoms. The van der Waals surface area contributed by atoms with E-state index in [1.807, 2.05) is 41.5 Å². The Morgan fingerprint density at radius 1 is 1.05 bits per heavy atom. The lowest BCUT2D eigenvalue weighted by atomic mass is 9.99. The average Bonchev–Trinajstić information content (AvgIpc) is 3.34. The van der Waals surface area contributed by atoms with E-state index in [2.05, 4.69) is 25.9 Å². The van der Waals surface area contributed by atoms with Crippen LogP contribution in [-0.4, -0.2) is 69.3 Å². The zero-order valence-electron chi connectivity index (χ0n) is 24.3. The highest BCUT2D eigenvalue weighted by Gasteiger charge is 2.35. The maximum atomic E-state index is 13.5. The molecule has 1 aliphatic rings. The third kappa shape index (κ3) is 11.5. The molecule has 0 aromatic carbocycles. The Kier molecular flexibility index (Phi) is 13.7. The number of carbonyl (C=O) groups excluding carboxylic acids is 2. The molecule has 0 amide bonds. The monoisotopic (exact) mass is 701 g/mol. The molecule has 13 nitrogen and oxygen atoms in total. The van der Waals surface area contributed by atoms with Crippen molar-refractivity contribution in [3.63, 3.8) is 0 Å². The fourth-order valence-corrected chi connectivity index (χ4v) is 6.88. The van der Waals surface area contributed by atoms with Gasteiger partial charge in [-0.15, -0.1) is 0 Å². The summed E-state index contributed by atoms with van der Waals surface area (Å²) < 4.78 is 36.2. The van der Waals surface area contributed by atoms with Crippen LogP contribution in [0.3, 0.4) is 0 Å². The number of nitrogens with zero attached hydrogens (tertiary/aromatic N) is 2. The third-order valence-corrected chi connectivity index (χ3v) is 10.1. The maximum Gasteiger partial charge on any atom is 0.474 e. The zero-order valence-corrected chi connectivity index (χ0v) is 28.4. The van der Waals surface area contributed by atoms with Crippen LogP contribution in [-0.2, 0) is 32.5 Å². The summed E-state index contributed by atoms with van der Waals surface area (Å²) in [7, 11) is -4.05. The number of alkyl halides is 1. The molecule has 234 valence electrons. The number of anilines is 3. The van der Waals surface area contributed by atoms with Gasteiger partial charge < -0.3 is 21.1 Å².